The van der Waals surface area contributed by atoms with Crippen LogP contribution in [-0.4, -0.2) is 36.5 Å². The van der Waals surface area contributed by atoms with Crippen LogP contribution in [0.5, 0.6) is 0 Å². The molecule has 0 radical (unpaired) electrons. The van der Waals surface area contributed by atoms with Crippen LogP contribution in [0.15, 0.2) is 0 Å². The van der Waals surface area contributed by atoms with Crippen molar-refractivity contribution in [1.82, 2.24) is 10.2 Å². The third-order valence-electron chi connectivity index (χ3n) is 5.21. The summed E-state index contributed by atoms with van der Waals surface area (Å²) < 4.78 is 0. The predicted octanol–water partition coefficient (Wildman–Crippen LogP) is 3.19. The van der Waals surface area contributed by atoms with Crippen LogP contribution in [0.3, 0.4) is 0 Å². The smallest absolute Gasteiger partial charge is 0.225 e. The number of nitrogens with zero attached hydrogens (tertiary/aromatic N) is 1. The number of likely N-dealkylation sites (tertiary alicyclic amines) is 1. The molecule has 0 saturated carbocycles. The molecular formula is C17H32N2O. The molecule has 0 aromatic heterocycles. The van der Waals surface area contributed by atoms with Crippen molar-refractivity contribution in [3.05, 3.63) is 0 Å². The molecule has 2 saturated heterocycles. The van der Waals surface area contributed by atoms with Gasteiger partial charge in [-0.2, -0.15) is 0 Å². The first-order valence-electron chi connectivity index (χ1n) is 8.79. The van der Waals surface area contributed by atoms with Crippen molar-refractivity contribution in [3.8, 4) is 0 Å². The molecule has 2 fully saturated rings. The number of unbranched alkanes of at least 4 members (excludes halogenated alkanes) is 1. The summed E-state index contributed by atoms with van der Waals surface area (Å²) in [6.07, 6.45) is 9.47. The first kappa shape index (κ1) is 15.8. The van der Waals surface area contributed by atoms with Gasteiger partial charge in [0.25, 0.3) is 0 Å². The second-order valence-electron chi connectivity index (χ2n) is 6.60. The molecule has 2 aliphatic rings. The highest BCUT2D eigenvalue weighted by atomic mass is 16.2. The first-order valence-corrected chi connectivity index (χ1v) is 8.79. The molecular weight excluding hydrogens is 248 g/mol. The molecule has 0 aliphatic carbocycles. The average molecular weight is 280 g/mol. The van der Waals surface area contributed by atoms with E-state index in [9.17, 15) is 4.79 Å². The van der Waals surface area contributed by atoms with Crippen molar-refractivity contribution in [3.63, 3.8) is 0 Å². The van der Waals surface area contributed by atoms with Crippen molar-refractivity contribution in [1.29, 1.82) is 0 Å². The Bertz CT molecular complexity index is 299. The Hall–Kier alpha value is -0.570. The van der Waals surface area contributed by atoms with Crippen molar-refractivity contribution in [2.24, 2.45) is 11.8 Å². The number of hydrogen-bond acceptors (Lipinski definition) is 2. The van der Waals surface area contributed by atoms with Crippen molar-refractivity contribution in [2.45, 2.75) is 71.3 Å². The van der Waals surface area contributed by atoms with E-state index in [1.807, 2.05) is 0 Å². The zero-order chi connectivity index (χ0) is 14.4. The molecule has 2 rings (SSSR count). The maximum atomic E-state index is 12.8. The van der Waals surface area contributed by atoms with Crippen LogP contribution in [0, 0.1) is 11.8 Å². The lowest BCUT2D eigenvalue weighted by atomic mass is 9.89. The predicted molar refractivity (Wildman–Crippen MR) is 83.6 cm³/mol. The van der Waals surface area contributed by atoms with E-state index in [4.69, 9.17) is 0 Å². The lowest BCUT2D eigenvalue weighted by Crippen LogP contribution is -2.47. The Morgan fingerprint density at radius 3 is 2.80 bits per heavy atom. The summed E-state index contributed by atoms with van der Waals surface area (Å²) in [5, 5.41) is 3.51. The van der Waals surface area contributed by atoms with Crippen LogP contribution in [0.1, 0.15) is 65.2 Å². The number of piperidine rings is 1. The standard InChI is InChI=1S/C17H32N2O/c1-3-5-8-14(4-2)17(20)19-12-7-10-16(19)15-9-6-11-18-13-15/h14-16,18H,3-13H2,1-2H3. The molecule has 3 unspecified atom stereocenters. The van der Waals surface area contributed by atoms with Crippen LogP contribution in [-0.2, 0) is 4.79 Å². The molecule has 3 atom stereocenters. The quantitative estimate of drug-likeness (QED) is 0.810. The minimum atomic E-state index is 0.270. The van der Waals surface area contributed by atoms with Gasteiger partial charge in [-0.25, -0.2) is 0 Å². The average Bonchev–Trinajstić information content (AvgIpc) is 2.98. The molecule has 2 aliphatic heterocycles. The highest BCUT2D eigenvalue weighted by Gasteiger charge is 2.36. The van der Waals surface area contributed by atoms with Crippen LogP contribution >= 0.6 is 0 Å². The molecule has 2 heterocycles. The fraction of sp³-hybridized carbons (Fsp3) is 0.941. The van der Waals surface area contributed by atoms with Gasteiger partial charge in [0, 0.05) is 18.5 Å². The molecule has 0 aromatic rings. The summed E-state index contributed by atoms with van der Waals surface area (Å²) in [6.45, 7) is 7.66. The minimum Gasteiger partial charge on any atom is -0.339 e. The highest BCUT2D eigenvalue weighted by Crippen LogP contribution is 2.30. The van der Waals surface area contributed by atoms with E-state index < -0.39 is 0 Å². The number of carbonyl (C=O) groups is 1. The van der Waals surface area contributed by atoms with Gasteiger partial charge < -0.3 is 10.2 Å². The Morgan fingerprint density at radius 1 is 1.30 bits per heavy atom. The highest BCUT2D eigenvalue weighted by molar-refractivity contribution is 5.79. The lowest BCUT2D eigenvalue weighted by molar-refractivity contribution is -0.137. The van der Waals surface area contributed by atoms with Gasteiger partial charge in [-0.3, -0.25) is 4.79 Å². The minimum absolute atomic E-state index is 0.270. The monoisotopic (exact) mass is 280 g/mol. The number of carbonyl (C=O) groups excluding carboxylic acids is 1. The maximum absolute atomic E-state index is 12.8. The summed E-state index contributed by atoms with van der Waals surface area (Å²) in [5.41, 5.74) is 0. The molecule has 0 bridgehead atoms. The molecule has 0 aromatic carbocycles. The fourth-order valence-electron chi connectivity index (χ4n) is 3.95. The normalized spacial score (nSPS) is 28.6. The number of nitrogens with one attached hydrogen (secondary N) is 1. The largest absolute Gasteiger partial charge is 0.339 e. The first-order chi connectivity index (χ1) is 9.77. The number of hydrogen-bond donors (Lipinski definition) is 1. The Labute approximate surface area is 124 Å². The lowest BCUT2D eigenvalue weighted by Gasteiger charge is -2.36. The van der Waals surface area contributed by atoms with Gasteiger partial charge in [-0.1, -0.05) is 26.7 Å². The topological polar surface area (TPSA) is 32.3 Å². The third kappa shape index (κ3) is 3.75. The van der Waals surface area contributed by atoms with E-state index in [2.05, 4.69) is 24.1 Å². The van der Waals surface area contributed by atoms with Gasteiger partial charge in [0.1, 0.15) is 0 Å². The van der Waals surface area contributed by atoms with Crippen molar-refractivity contribution < 1.29 is 4.79 Å². The summed E-state index contributed by atoms with van der Waals surface area (Å²) in [5.74, 6) is 1.42. The SMILES string of the molecule is CCCCC(CC)C(=O)N1CCCC1C1CCCNC1. The zero-order valence-electron chi connectivity index (χ0n) is 13.4. The Kier molecular flexibility index (Phi) is 6.34. The fourth-order valence-corrected chi connectivity index (χ4v) is 3.95. The second kappa shape index (κ2) is 8.02. The second-order valence-corrected chi connectivity index (χ2v) is 6.60. The van der Waals surface area contributed by atoms with Crippen LogP contribution < -0.4 is 5.32 Å². The van der Waals surface area contributed by atoms with Gasteiger partial charge in [-0.15, -0.1) is 0 Å². The molecule has 116 valence electrons. The van der Waals surface area contributed by atoms with Gasteiger partial charge >= 0.3 is 0 Å². The summed E-state index contributed by atoms with van der Waals surface area (Å²) in [4.78, 5) is 15.1. The van der Waals surface area contributed by atoms with E-state index in [1.54, 1.807) is 0 Å². The van der Waals surface area contributed by atoms with E-state index >= 15 is 0 Å². The molecule has 3 nitrogen and oxygen atoms in total. The van der Waals surface area contributed by atoms with Crippen molar-refractivity contribution in [2.75, 3.05) is 19.6 Å². The van der Waals surface area contributed by atoms with Gasteiger partial charge in [0.05, 0.1) is 0 Å². The van der Waals surface area contributed by atoms with Crippen LogP contribution in [0.2, 0.25) is 0 Å². The van der Waals surface area contributed by atoms with E-state index in [0.717, 1.165) is 32.5 Å². The third-order valence-corrected chi connectivity index (χ3v) is 5.21. The summed E-state index contributed by atoms with van der Waals surface area (Å²) in [6, 6.07) is 0.519. The van der Waals surface area contributed by atoms with Crippen molar-refractivity contribution >= 4 is 5.91 Å². The van der Waals surface area contributed by atoms with Crippen LogP contribution in [0.25, 0.3) is 0 Å². The molecule has 20 heavy (non-hydrogen) atoms. The van der Waals surface area contributed by atoms with E-state index in [0.29, 0.717) is 17.9 Å². The zero-order valence-corrected chi connectivity index (χ0v) is 13.4. The Balaban J connectivity index is 1.95. The van der Waals surface area contributed by atoms with Crippen LogP contribution in [0.4, 0.5) is 0 Å². The number of rotatable bonds is 6. The van der Waals surface area contributed by atoms with Gasteiger partial charge in [0.2, 0.25) is 5.91 Å². The summed E-state index contributed by atoms with van der Waals surface area (Å²) in [7, 11) is 0. The van der Waals surface area contributed by atoms with E-state index in [-0.39, 0.29) is 5.92 Å². The molecule has 3 heteroatoms. The van der Waals surface area contributed by atoms with Gasteiger partial charge in [0.15, 0.2) is 0 Å². The molecule has 0 spiro atoms. The van der Waals surface area contributed by atoms with E-state index in [1.165, 1.54) is 38.5 Å². The maximum Gasteiger partial charge on any atom is 0.225 e. The van der Waals surface area contributed by atoms with Gasteiger partial charge in [-0.05, 0) is 57.5 Å². The number of amides is 1. The molecule has 1 amide bonds. The summed E-state index contributed by atoms with van der Waals surface area (Å²) >= 11 is 0. The Morgan fingerprint density at radius 2 is 2.15 bits per heavy atom. The molecule has 1 N–H and O–H groups in total.